The van der Waals surface area contributed by atoms with Crippen LogP contribution in [0.25, 0.3) is 11.1 Å². The predicted octanol–water partition coefficient (Wildman–Crippen LogP) is 5.62. The lowest BCUT2D eigenvalue weighted by Crippen LogP contribution is -1.99. The van der Waals surface area contributed by atoms with Crippen molar-refractivity contribution in [2.24, 2.45) is 0 Å². The number of hydrogen-bond acceptors (Lipinski definition) is 1. The summed E-state index contributed by atoms with van der Waals surface area (Å²) in [6.07, 6.45) is 4.23. The molecule has 0 bridgehead atoms. The molecule has 0 aliphatic carbocycles. The highest BCUT2D eigenvalue weighted by Crippen LogP contribution is 2.26. The van der Waals surface area contributed by atoms with E-state index < -0.39 is 0 Å². The van der Waals surface area contributed by atoms with E-state index in [9.17, 15) is 4.39 Å². The molecule has 0 heterocycles. The number of hydrogen-bond donors (Lipinski definition) is 0. The van der Waals surface area contributed by atoms with Crippen LogP contribution in [0.5, 0.6) is 5.75 Å². The molecule has 2 aromatic rings. The average molecular weight is 286 g/mol. The van der Waals surface area contributed by atoms with Gasteiger partial charge in [-0.15, -0.1) is 0 Å². The molecule has 0 saturated heterocycles. The van der Waals surface area contributed by atoms with Crippen molar-refractivity contribution in [1.29, 1.82) is 0 Å². The summed E-state index contributed by atoms with van der Waals surface area (Å²) in [4.78, 5) is 0. The Hall–Kier alpha value is -1.83. The number of halogens is 1. The minimum Gasteiger partial charge on any atom is -0.491 e. The van der Waals surface area contributed by atoms with Crippen molar-refractivity contribution < 1.29 is 9.13 Å². The lowest BCUT2D eigenvalue weighted by Gasteiger charge is -2.09. The molecule has 0 N–H and O–H groups in total. The van der Waals surface area contributed by atoms with Crippen molar-refractivity contribution in [2.45, 2.75) is 39.5 Å². The van der Waals surface area contributed by atoms with Crippen molar-refractivity contribution in [1.82, 2.24) is 0 Å². The summed E-state index contributed by atoms with van der Waals surface area (Å²) in [6, 6.07) is 13.4. The molecule has 0 spiro atoms. The topological polar surface area (TPSA) is 9.23 Å². The third kappa shape index (κ3) is 4.32. The van der Waals surface area contributed by atoms with E-state index in [0.29, 0.717) is 12.4 Å². The molecule has 0 aliphatic heterocycles. The SMILES string of the molecule is CCCCCOc1ccc(-c2ccc(CC)cc2)cc1F. The average Bonchev–Trinajstić information content (AvgIpc) is 2.53. The van der Waals surface area contributed by atoms with Crippen LogP contribution in [0.2, 0.25) is 0 Å². The van der Waals surface area contributed by atoms with Crippen molar-refractivity contribution in [3.63, 3.8) is 0 Å². The molecule has 0 aromatic heterocycles. The van der Waals surface area contributed by atoms with Crippen LogP contribution in [-0.4, -0.2) is 6.61 Å². The van der Waals surface area contributed by atoms with Crippen LogP contribution in [-0.2, 0) is 6.42 Å². The van der Waals surface area contributed by atoms with E-state index in [1.54, 1.807) is 12.1 Å². The molecule has 2 rings (SSSR count). The maximum Gasteiger partial charge on any atom is 0.165 e. The first-order chi connectivity index (χ1) is 10.2. The summed E-state index contributed by atoms with van der Waals surface area (Å²) in [5.74, 6) is 0.0589. The number of unbranched alkanes of at least 4 members (excludes halogenated alkanes) is 2. The Kier molecular flexibility index (Phi) is 5.79. The van der Waals surface area contributed by atoms with E-state index >= 15 is 0 Å². The summed E-state index contributed by atoms with van der Waals surface area (Å²) in [5, 5.41) is 0. The highest BCUT2D eigenvalue weighted by molar-refractivity contribution is 5.64. The molecule has 21 heavy (non-hydrogen) atoms. The van der Waals surface area contributed by atoms with Crippen molar-refractivity contribution in [3.8, 4) is 16.9 Å². The molecular formula is C19H23FO. The largest absolute Gasteiger partial charge is 0.491 e. The van der Waals surface area contributed by atoms with E-state index in [4.69, 9.17) is 4.74 Å². The monoisotopic (exact) mass is 286 g/mol. The van der Waals surface area contributed by atoms with Gasteiger partial charge in [-0.3, -0.25) is 0 Å². The van der Waals surface area contributed by atoms with Crippen molar-refractivity contribution >= 4 is 0 Å². The van der Waals surface area contributed by atoms with Gasteiger partial charge in [-0.05, 0) is 41.7 Å². The molecular weight excluding hydrogens is 263 g/mol. The molecule has 0 radical (unpaired) electrons. The highest BCUT2D eigenvalue weighted by Gasteiger charge is 2.06. The number of ether oxygens (including phenoxy) is 1. The van der Waals surface area contributed by atoms with Crippen LogP contribution in [0.1, 0.15) is 38.7 Å². The molecule has 0 fully saturated rings. The predicted molar refractivity (Wildman–Crippen MR) is 86.2 cm³/mol. The summed E-state index contributed by atoms with van der Waals surface area (Å²) in [5.41, 5.74) is 3.20. The molecule has 1 nitrogen and oxygen atoms in total. The lowest BCUT2D eigenvalue weighted by atomic mass is 10.0. The zero-order valence-electron chi connectivity index (χ0n) is 12.9. The van der Waals surface area contributed by atoms with Crippen LogP contribution < -0.4 is 4.74 Å². The van der Waals surface area contributed by atoms with E-state index in [-0.39, 0.29) is 5.82 Å². The Bertz CT molecular complexity index is 560. The summed E-state index contributed by atoms with van der Waals surface area (Å²) in [7, 11) is 0. The lowest BCUT2D eigenvalue weighted by molar-refractivity contribution is 0.291. The van der Waals surface area contributed by atoms with Gasteiger partial charge in [0.05, 0.1) is 6.61 Å². The minimum absolute atomic E-state index is 0.288. The Morgan fingerprint density at radius 2 is 1.62 bits per heavy atom. The van der Waals surface area contributed by atoms with Gasteiger partial charge in [0.1, 0.15) is 0 Å². The van der Waals surface area contributed by atoms with E-state index in [1.807, 2.05) is 18.2 Å². The Balaban J connectivity index is 2.06. The van der Waals surface area contributed by atoms with Crippen LogP contribution >= 0.6 is 0 Å². The van der Waals surface area contributed by atoms with Gasteiger partial charge in [0.15, 0.2) is 11.6 Å². The van der Waals surface area contributed by atoms with Gasteiger partial charge in [0.2, 0.25) is 0 Å². The van der Waals surface area contributed by atoms with Gasteiger partial charge < -0.3 is 4.74 Å². The second-order valence-electron chi connectivity index (χ2n) is 5.25. The Morgan fingerprint density at radius 3 is 2.24 bits per heavy atom. The fourth-order valence-corrected chi connectivity index (χ4v) is 2.26. The minimum atomic E-state index is -0.288. The number of aryl methyl sites for hydroxylation is 1. The van der Waals surface area contributed by atoms with Gasteiger partial charge in [-0.2, -0.15) is 0 Å². The molecule has 0 atom stereocenters. The zero-order chi connectivity index (χ0) is 15.1. The maximum absolute atomic E-state index is 14.1. The van der Waals surface area contributed by atoms with Crippen molar-refractivity contribution in [3.05, 3.63) is 53.8 Å². The van der Waals surface area contributed by atoms with Gasteiger partial charge >= 0.3 is 0 Å². The first-order valence-corrected chi connectivity index (χ1v) is 7.76. The molecule has 112 valence electrons. The van der Waals surface area contributed by atoms with Gasteiger partial charge in [0, 0.05) is 0 Å². The second-order valence-corrected chi connectivity index (χ2v) is 5.25. The molecule has 0 aliphatic rings. The summed E-state index contributed by atoms with van der Waals surface area (Å²) < 4.78 is 19.6. The normalized spacial score (nSPS) is 10.6. The number of benzene rings is 2. The van der Waals surface area contributed by atoms with E-state index in [0.717, 1.165) is 36.8 Å². The standard InChI is InChI=1S/C19H23FO/c1-3-5-6-13-21-19-12-11-17(14-18(19)20)16-9-7-15(4-2)8-10-16/h7-12,14H,3-6,13H2,1-2H3. The van der Waals surface area contributed by atoms with Crippen LogP contribution in [0, 0.1) is 5.82 Å². The zero-order valence-corrected chi connectivity index (χ0v) is 12.9. The van der Waals surface area contributed by atoms with Gasteiger partial charge in [-0.25, -0.2) is 4.39 Å². The maximum atomic E-state index is 14.1. The molecule has 0 unspecified atom stereocenters. The highest BCUT2D eigenvalue weighted by atomic mass is 19.1. The fraction of sp³-hybridized carbons (Fsp3) is 0.368. The summed E-state index contributed by atoms with van der Waals surface area (Å²) >= 11 is 0. The second kappa shape index (κ2) is 7.82. The van der Waals surface area contributed by atoms with Crippen LogP contribution in [0.3, 0.4) is 0 Å². The molecule has 2 heteroatoms. The van der Waals surface area contributed by atoms with E-state index in [1.165, 1.54) is 5.56 Å². The first-order valence-electron chi connectivity index (χ1n) is 7.76. The molecule has 2 aromatic carbocycles. The van der Waals surface area contributed by atoms with Crippen LogP contribution in [0.15, 0.2) is 42.5 Å². The quantitative estimate of drug-likeness (QED) is 0.600. The third-order valence-corrected chi connectivity index (χ3v) is 3.63. The molecule has 0 saturated carbocycles. The fourth-order valence-electron chi connectivity index (χ4n) is 2.26. The Labute approximate surface area is 126 Å². The smallest absolute Gasteiger partial charge is 0.165 e. The first kappa shape index (κ1) is 15.6. The Morgan fingerprint density at radius 1 is 0.905 bits per heavy atom. The van der Waals surface area contributed by atoms with Gasteiger partial charge in [0.25, 0.3) is 0 Å². The van der Waals surface area contributed by atoms with E-state index in [2.05, 4.69) is 26.0 Å². The van der Waals surface area contributed by atoms with Crippen molar-refractivity contribution in [2.75, 3.05) is 6.61 Å². The summed E-state index contributed by atoms with van der Waals surface area (Å²) in [6.45, 7) is 4.84. The van der Waals surface area contributed by atoms with Gasteiger partial charge in [-0.1, -0.05) is 57.0 Å². The number of rotatable bonds is 7. The van der Waals surface area contributed by atoms with Crippen LogP contribution in [0.4, 0.5) is 4.39 Å². The molecule has 0 amide bonds. The third-order valence-electron chi connectivity index (χ3n) is 3.63.